The minimum absolute atomic E-state index is 0.250. The van der Waals surface area contributed by atoms with Crippen LogP contribution in [0.25, 0.3) is 0 Å². The van der Waals surface area contributed by atoms with E-state index in [0.29, 0.717) is 12.2 Å². The molecule has 98 valence electrons. The first-order valence-electron chi connectivity index (χ1n) is 5.20. The zero-order valence-electron chi connectivity index (χ0n) is 10.3. The Morgan fingerprint density at radius 2 is 1.83 bits per heavy atom. The molecule has 3 N–H and O–H groups in total. The standard InChI is InChI=1S/C11H14N2O2.CH2O2/c1-3-15-11(14)10-6-4-9(5-7-10)8(2)13-12;2-1-3/h4-7H,3,12H2,1-2H3;1H,(H,2,3). The Bertz CT molecular complexity index is 413. The van der Waals surface area contributed by atoms with E-state index in [0.717, 1.165) is 11.3 Å². The van der Waals surface area contributed by atoms with Crippen molar-refractivity contribution >= 4 is 18.2 Å². The van der Waals surface area contributed by atoms with Gasteiger partial charge in [-0.15, -0.1) is 0 Å². The summed E-state index contributed by atoms with van der Waals surface area (Å²) in [5, 5.41) is 10.5. The number of carbonyl (C=O) groups excluding carboxylic acids is 1. The van der Waals surface area contributed by atoms with Gasteiger partial charge in [-0.25, -0.2) is 4.79 Å². The maximum atomic E-state index is 11.3. The smallest absolute Gasteiger partial charge is 0.338 e. The molecule has 0 aliphatic carbocycles. The molecule has 6 nitrogen and oxygen atoms in total. The molecule has 0 aliphatic heterocycles. The molecule has 0 aromatic heterocycles. The Labute approximate surface area is 105 Å². The molecule has 0 spiro atoms. The molecule has 0 aliphatic rings. The molecule has 0 fully saturated rings. The molecule has 0 saturated carbocycles. The fourth-order valence-electron chi connectivity index (χ4n) is 1.14. The predicted molar refractivity (Wildman–Crippen MR) is 67.5 cm³/mol. The average molecular weight is 252 g/mol. The molecule has 0 atom stereocenters. The second kappa shape index (κ2) is 8.74. The van der Waals surface area contributed by atoms with E-state index in [2.05, 4.69) is 5.10 Å². The van der Waals surface area contributed by atoms with Crippen LogP contribution in [-0.4, -0.2) is 29.9 Å². The molecule has 0 radical (unpaired) electrons. The molecule has 0 amide bonds. The molecule has 1 aromatic carbocycles. The SMILES string of the molecule is CCOC(=O)c1ccc(C(C)=NN)cc1.O=CO. The monoisotopic (exact) mass is 252 g/mol. The van der Waals surface area contributed by atoms with E-state index >= 15 is 0 Å². The Morgan fingerprint density at radius 3 is 2.22 bits per heavy atom. The van der Waals surface area contributed by atoms with Crippen LogP contribution >= 0.6 is 0 Å². The van der Waals surface area contributed by atoms with Gasteiger partial charge in [-0.3, -0.25) is 4.79 Å². The summed E-state index contributed by atoms with van der Waals surface area (Å²) < 4.78 is 4.86. The lowest BCUT2D eigenvalue weighted by atomic mass is 10.1. The zero-order chi connectivity index (χ0) is 14.0. The summed E-state index contributed by atoms with van der Waals surface area (Å²) in [6.07, 6.45) is 0. The number of benzene rings is 1. The van der Waals surface area contributed by atoms with Crippen LogP contribution in [0.15, 0.2) is 29.4 Å². The minimum atomic E-state index is -0.314. The fraction of sp³-hybridized carbons (Fsp3) is 0.250. The van der Waals surface area contributed by atoms with Crippen molar-refractivity contribution in [1.82, 2.24) is 0 Å². The Hall–Kier alpha value is -2.37. The van der Waals surface area contributed by atoms with Gasteiger partial charge in [-0.1, -0.05) is 12.1 Å². The summed E-state index contributed by atoms with van der Waals surface area (Å²) in [6, 6.07) is 6.97. The lowest BCUT2D eigenvalue weighted by Crippen LogP contribution is -2.05. The second-order valence-electron chi connectivity index (χ2n) is 3.12. The number of hydrogen-bond acceptors (Lipinski definition) is 5. The molecule has 0 heterocycles. The van der Waals surface area contributed by atoms with Crippen molar-refractivity contribution in [3.05, 3.63) is 35.4 Å². The normalized spacial score (nSPS) is 10.0. The molecule has 1 aromatic rings. The van der Waals surface area contributed by atoms with Gasteiger partial charge in [0, 0.05) is 0 Å². The molecule has 0 saturated heterocycles. The van der Waals surface area contributed by atoms with Gasteiger partial charge in [0.1, 0.15) is 0 Å². The van der Waals surface area contributed by atoms with E-state index in [4.69, 9.17) is 20.5 Å². The topological polar surface area (TPSA) is 102 Å². The van der Waals surface area contributed by atoms with Crippen molar-refractivity contribution in [3.8, 4) is 0 Å². The number of ether oxygens (including phenoxy) is 1. The quantitative estimate of drug-likeness (QED) is 0.277. The summed E-state index contributed by atoms with van der Waals surface area (Å²) >= 11 is 0. The number of esters is 1. The van der Waals surface area contributed by atoms with Gasteiger partial charge < -0.3 is 15.7 Å². The summed E-state index contributed by atoms with van der Waals surface area (Å²) in [4.78, 5) is 19.7. The largest absolute Gasteiger partial charge is 0.483 e. The van der Waals surface area contributed by atoms with E-state index < -0.39 is 0 Å². The number of hydrogen-bond donors (Lipinski definition) is 2. The van der Waals surface area contributed by atoms with Crippen molar-refractivity contribution in [2.24, 2.45) is 10.9 Å². The molecule has 0 unspecified atom stereocenters. The number of carboxylic acid groups (broad SMARTS) is 1. The lowest BCUT2D eigenvalue weighted by molar-refractivity contribution is -0.122. The number of nitrogens with zero attached hydrogens (tertiary/aromatic N) is 1. The number of carbonyl (C=O) groups is 2. The van der Waals surface area contributed by atoms with Crippen molar-refractivity contribution in [2.45, 2.75) is 13.8 Å². The first-order chi connectivity index (χ1) is 8.60. The average Bonchev–Trinajstić information content (AvgIpc) is 2.39. The van der Waals surface area contributed by atoms with Crippen LogP contribution in [0.1, 0.15) is 29.8 Å². The summed E-state index contributed by atoms with van der Waals surface area (Å²) in [6.45, 7) is 3.71. The van der Waals surface area contributed by atoms with E-state index in [1.165, 1.54) is 0 Å². The van der Waals surface area contributed by atoms with Crippen LogP contribution in [0, 0.1) is 0 Å². The van der Waals surface area contributed by atoms with Crippen LogP contribution in [0.2, 0.25) is 0 Å². The maximum absolute atomic E-state index is 11.3. The van der Waals surface area contributed by atoms with Crippen LogP contribution in [-0.2, 0) is 9.53 Å². The molecular formula is C12H16N2O4. The minimum Gasteiger partial charge on any atom is -0.483 e. The number of nitrogens with two attached hydrogens (primary N) is 1. The highest BCUT2D eigenvalue weighted by Crippen LogP contribution is 2.06. The van der Waals surface area contributed by atoms with Gasteiger partial charge in [-0.2, -0.15) is 5.10 Å². The van der Waals surface area contributed by atoms with Crippen molar-refractivity contribution in [3.63, 3.8) is 0 Å². The van der Waals surface area contributed by atoms with Crippen molar-refractivity contribution in [2.75, 3.05) is 6.61 Å². The summed E-state index contributed by atoms with van der Waals surface area (Å²) in [5.74, 6) is 4.83. The van der Waals surface area contributed by atoms with Gasteiger partial charge in [0.15, 0.2) is 0 Å². The molecule has 18 heavy (non-hydrogen) atoms. The zero-order valence-corrected chi connectivity index (χ0v) is 10.3. The van der Waals surface area contributed by atoms with Gasteiger partial charge in [-0.05, 0) is 31.5 Å². The maximum Gasteiger partial charge on any atom is 0.338 e. The van der Waals surface area contributed by atoms with E-state index in [9.17, 15) is 4.79 Å². The Kier molecular flexibility index (Phi) is 7.59. The Balaban J connectivity index is 0.000000873. The lowest BCUT2D eigenvalue weighted by Gasteiger charge is -2.03. The molecule has 0 bridgehead atoms. The van der Waals surface area contributed by atoms with Crippen LogP contribution in [0.5, 0.6) is 0 Å². The van der Waals surface area contributed by atoms with Crippen LogP contribution < -0.4 is 5.84 Å². The van der Waals surface area contributed by atoms with Gasteiger partial charge in [0.05, 0.1) is 17.9 Å². The van der Waals surface area contributed by atoms with E-state index in [-0.39, 0.29) is 12.4 Å². The van der Waals surface area contributed by atoms with Crippen LogP contribution in [0.4, 0.5) is 0 Å². The van der Waals surface area contributed by atoms with Crippen molar-refractivity contribution in [1.29, 1.82) is 0 Å². The third kappa shape index (κ3) is 5.11. The second-order valence-corrected chi connectivity index (χ2v) is 3.12. The van der Waals surface area contributed by atoms with Crippen LogP contribution in [0.3, 0.4) is 0 Å². The third-order valence-corrected chi connectivity index (χ3v) is 2.01. The first kappa shape index (κ1) is 15.6. The summed E-state index contributed by atoms with van der Waals surface area (Å²) in [5.41, 5.74) is 2.15. The molecular weight excluding hydrogens is 236 g/mol. The van der Waals surface area contributed by atoms with Gasteiger partial charge in [0.25, 0.3) is 6.47 Å². The Morgan fingerprint density at radius 1 is 1.39 bits per heavy atom. The predicted octanol–water partition coefficient (Wildman–Crippen LogP) is 1.25. The number of rotatable bonds is 3. The fourth-order valence-corrected chi connectivity index (χ4v) is 1.14. The highest BCUT2D eigenvalue weighted by atomic mass is 16.5. The van der Waals surface area contributed by atoms with E-state index in [1.54, 1.807) is 38.1 Å². The van der Waals surface area contributed by atoms with E-state index in [1.807, 2.05) is 0 Å². The molecule has 6 heteroatoms. The number of hydrazone groups is 1. The first-order valence-corrected chi connectivity index (χ1v) is 5.20. The third-order valence-electron chi connectivity index (χ3n) is 2.01. The molecule has 1 rings (SSSR count). The van der Waals surface area contributed by atoms with Gasteiger partial charge >= 0.3 is 5.97 Å². The van der Waals surface area contributed by atoms with Crippen molar-refractivity contribution < 1.29 is 19.4 Å². The highest BCUT2D eigenvalue weighted by molar-refractivity contribution is 5.99. The highest BCUT2D eigenvalue weighted by Gasteiger charge is 2.05. The van der Waals surface area contributed by atoms with Gasteiger partial charge in [0.2, 0.25) is 0 Å². The summed E-state index contributed by atoms with van der Waals surface area (Å²) in [7, 11) is 0.